The Morgan fingerprint density at radius 1 is 0.946 bits per heavy atom. The zero-order valence-electron chi connectivity index (χ0n) is 22.5. The summed E-state index contributed by atoms with van der Waals surface area (Å²) in [6.45, 7) is 7.30. The van der Waals surface area contributed by atoms with Gasteiger partial charge in [-0.1, -0.05) is 77.3 Å². The van der Waals surface area contributed by atoms with Crippen LogP contribution in [0.15, 0.2) is 30.3 Å². The van der Waals surface area contributed by atoms with Crippen molar-refractivity contribution >= 4 is 23.7 Å². The van der Waals surface area contributed by atoms with E-state index in [1.807, 2.05) is 51.1 Å². The summed E-state index contributed by atoms with van der Waals surface area (Å²) in [5.74, 6) is -2.28. The third kappa shape index (κ3) is 9.80. The highest BCUT2D eigenvalue weighted by atomic mass is 16.5. The van der Waals surface area contributed by atoms with Crippen LogP contribution >= 0.6 is 0 Å². The Morgan fingerprint density at radius 2 is 1.59 bits per heavy atom. The number of aliphatic hydroxyl groups excluding tert-OH is 1. The zero-order chi connectivity index (χ0) is 27.4. The van der Waals surface area contributed by atoms with Gasteiger partial charge in [0.15, 0.2) is 0 Å². The Labute approximate surface area is 220 Å². The molecule has 0 unspecified atom stereocenters. The van der Waals surface area contributed by atoms with Crippen LogP contribution in [-0.2, 0) is 30.3 Å². The first-order valence-corrected chi connectivity index (χ1v) is 13.4. The van der Waals surface area contributed by atoms with Gasteiger partial charge >= 0.3 is 5.97 Å². The Hall–Kier alpha value is -2.94. The van der Waals surface area contributed by atoms with Gasteiger partial charge in [-0.2, -0.15) is 0 Å². The molecule has 1 aliphatic rings. The summed E-state index contributed by atoms with van der Waals surface area (Å²) < 4.78 is 5.87. The molecule has 9 heteroatoms. The Morgan fingerprint density at radius 3 is 2.22 bits per heavy atom. The second kappa shape index (κ2) is 15.3. The number of nitrogens with one attached hydrogen (secondary N) is 3. The van der Waals surface area contributed by atoms with Crippen molar-refractivity contribution in [3.8, 4) is 0 Å². The van der Waals surface area contributed by atoms with E-state index in [4.69, 9.17) is 4.74 Å². The lowest BCUT2D eigenvalue weighted by Crippen LogP contribution is -2.57. The molecule has 9 nitrogen and oxygen atoms in total. The summed E-state index contributed by atoms with van der Waals surface area (Å²) in [4.78, 5) is 52.6. The highest BCUT2D eigenvalue weighted by Gasteiger charge is 2.34. The first-order valence-electron chi connectivity index (χ1n) is 13.4. The zero-order valence-corrected chi connectivity index (χ0v) is 22.5. The SMILES string of the molecule is CCCC[C@H](C)[C@@H]1CC(=O)N[C@@H](Cc2ccccc2)C(=O)N[C@@H](CO)C(=O)N[C@H](C[C@H](C)CC)C(=O)O1. The van der Waals surface area contributed by atoms with E-state index in [2.05, 4.69) is 22.9 Å². The van der Waals surface area contributed by atoms with Crippen LogP contribution < -0.4 is 16.0 Å². The average molecular weight is 518 g/mol. The monoisotopic (exact) mass is 517 g/mol. The Bertz CT molecular complexity index is 893. The molecule has 0 saturated carbocycles. The molecule has 0 spiro atoms. The number of ether oxygens (including phenoxy) is 1. The number of carbonyl (C=O) groups is 4. The third-order valence-electron chi connectivity index (χ3n) is 6.99. The molecule has 37 heavy (non-hydrogen) atoms. The average Bonchev–Trinajstić information content (AvgIpc) is 2.89. The number of hydrogen-bond donors (Lipinski definition) is 4. The van der Waals surface area contributed by atoms with Crippen LogP contribution in [0.4, 0.5) is 0 Å². The van der Waals surface area contributed by atoms with E-state index in [1.165, 1.54) is 0 Å². The minimum absolute atomic E-state index is 0.0914. The Kier molecular flexibility index (Phi) is 12.6. The summed E-state index contributed by atoms with van der Waals surface area (Å²) >= 11 is 0. The van der Waals surface area contributed by atoms with Crippen LogP contribution in [-0.4, -0.2) is 59.6 Å². The third-order valence-corrected chi connectivity index (χ3v) is 6.99. The fraction of sp³-hybridized carbons (Fsp3) is 0.643. The van der Waals surface area contributed by atoms with Gasteiger partial charge in [-0.25, -0.2) is 4.79 Å². The second-order valence-corrected chi connectivity index (χ2v) is 10.2. The molecule has 0 bridgehead atoms. The first kappa shape index (κ1) is 30.3. The van der Waals surface area contributed by atoms with E-state index >= 15 is 0 Å². The number of cyclic esters (lactones) is 1. The Balaban J connectivity index is 2.40. The fourth-order valence-electron chi connectivity index (χ4n) is 4.32. The summed E-state index contributed by atoms with van der Waals surface area (Å²) in [6, 6.07) is 5.98. The van der Waals surface area contributed by atoms with Crippen molar-refractivity contribution in [3.05, 3.63) is 35.9 Å². The topological polar surface area (TPSA) is 134 Å². The molecule has 1 aliphatic heterocycles. The molecule has 4 N–H and O–H groups in total. The molecule has 1 saturated heterocycles. The van der Waals surface area contributed by atoms with Gasteiger partial charge in [0.25, 0.3) is 0 Å². The molecule has 1 heterocycles. The van der Waals surface area contributed by atoms with E-state index in [9.17, 15) is 24.3 Å². The van der Waals surface area contributed by atoms with Gasteiger partial charge in [0, 0.05) is 6.42 Å². The van der Waals surface area contributed by atoms with Crippen molar-refractivity contribution < 1.29 is 29.0 Å². The summed E-state index contributed by atoms with van der Waals surface area (Å²) in [7, 11) is 0. The molecule has 206 valence electrons. The van der Waals surface area contributed by atoms with Crippen molar-refractivity contribution in [2.24, 2.45) is 11.8 Å². The van der Waals surface area contributed by atoms with Gasteiger partial charge < -0.3 is 25.8 Å². The lowest BCUT2D eigenvalue weighted by atomic mass is 9.94. The number of hydrogen-bond acceptors (Lipinski definition) is 6. The minimum atomic E-state index is -1.28. The van der Waals surface area contributed by atoms with E-state index in [-0.39, 0.29) is 24.7 Å². The minimum Gasteiger partial charge on any atom is -0.460 e. The van der Waals surface area contributed by atoms with Gasteiger partial charge in [0.1, 0.15) is 24.2 Å². The van der Waals surface area contributed by atoms with Crippen molar-refractivity contribution in [1.29, 1.82) is 0 Å². The molecule has 1 aromatic carbocycles. The smallest absolute Gasteiger partial charge is 0.328 e. The predicted octanol–water partition coefficient (Wildman–Crippen LogP) is 2.25. The van der Waals surface area contributed by atoms with E-state index in [0.29, 0.717) is 6.42 Å². The molecule has 2 rings (SSSR count). The standard InChI is InChI=1S/C28H43N3O6/c1-5-7-11-19(4)24-16-25(33)29-21(15-20-12-9-8-10-13-20)26(34)31-23(17-32)27(35)30-22(28(36)37-24)14-18(3)6-2/h8-10,12-13,18-19,21-24,32H,5-7,11,14-17H2,1-4H3,(H,29,33)(H,30,35)(H,31,34)/t18-,19+,21+,22-,23+,24+/m1/s1. The van der Waals surface area contributed by atoms with Crippen molar-refractivity contribution in [2.45, 2.75) is 96.9 Å². The molecule has 1 fully saturated rings. The van der Waals surface area contributed by atoms with E-state index in [1.54, 1.807) is 0 Å². The van der Waals surface area contributed by atoms with Crippen LogP contribution in [0, 0.1) is 11.8 Å². The number of esters is 1. The highest BCUT2D eigenvalue weighted by Crippen LogP contribution is 2.21. The van der Waals surface area contributed by atoms with Crippen LogP contribution in [0.25, 0.3) is 0 Å². The van der Waals surface area contributed by atoms with Crippen LogP contribution in [0.3, 0.4) is 0 Å². The normalized spacial score (nSPS) is 25.3. The van der Waals surface area contributed by atoms with Crippen molar-refractivity contribution in [1.82, 2.24) is 16.0 Å². The lowest BCUT2D eigenvalue weighted by Gasteiger charge is -2.28. The molecular weight excluding hydrogens is 474 g/mol. The highest BCUT2D eigenvalue weighted by molar-refractivity contribution is 5.94. The summed E-state index contributed by atoms with van der Waals surface area (Å²) in [6.07, 6.45) is 3.18. The number of carbonyl (C=O) groups excluding carboxylic acids is 4. The first-order chi connectivity index (χ1) is 17.7. The number of aliphatic hydroxyl groups is 1. The molecule has 0 radical (unpaired) electrons. The quantitative estimate of drug-likeness (QED) is 0.352. The predicted molar refractivity (Wildman–Crippen MR) is 140 cm³/mol. The van der Waals surface area contributed by atoms with E-state index in [0.717, 1.165) is 31.2 Å². The molecule has 3 amide bonds. The van der Waals surface area contributed by atoms with Gasteiger partial charge in [0.05, 0.1) is 13.0 Å². The molecular formula is C28H43N3O6. The van der Waals surface area contributed by atoms with Crippen LogP contribution in [0.1, 0.15) is 71.8 Å². The maximum Gasteiger partial charge on any atom is 0.328 e. The fourth-order valence-corrected chi connectivity index (χ4v) is 4.32. The number of rotatable bonds is 10. The summed E-state index contributed by atoms with van der Waals surface area (Å²) in [5, 5.41) is 17.9. The van der Waals surface area contributed by atoms with Gasteiger partial charge in [-0.05, 0) is 30.2 Å². The van der Waals surface area contributed by atoms with Gasteiger partial charge in [-0.15, -0.1) is 0 Å². The molecule has 0 aliphatic carbocycles. The van der Waals surface area contributed by atoms with Gasteiger partial charge in [-0.3, -0.25) is 14.4 Å². The number of unbranched alkanes of at least 4 members (excludes halogenated alkanes) is 1. The van der Waals surface area contributed by atoms with Crippen molar-refractivity contribution in [2.75, 3.05) is 6.61 Å². The molecule has 6 atom stereocenters. The van der Waals surface area contributed by atoms with Crippen molar-refractivity contribution in [3.63, 3.8) is 0 Å². The molecule has 1 aromatic rings. The largest absolute Gasteiger partial charge is 0.460 e. The van der Waals surface area contributed by atoms with E-state index < -0.39 is 54.5 Å². The number of amides is 3. The molecule has 0 aromatic heterocycles. The van der Waals surface area contributed by atoms with Gasteiger partial charge in [0.2, 0.25) is 17.7 Å². The van der Waals surface area contributed by atoms with Crippen LogP contribution in [0.2, 0.25) is 0 Å². The summed E-state index contributed by atoms with van der Waals surface area (Å²) in [5.41, 5.74) is 0.824. The van der Waals surface area contributed by atoms with Crippen LogP contribution in [0.5, 0.6) is 0 Å². The maximum absolute atomic E-state index is 13.3. The maximum atomic E-state index is 13.3. The number of benzene rings is 1. The lowest BCUT2D eigenvalue weighted by molar-refractivity contribution is -0.157. The second-order valence-electron chi connectivity index (χ2n) is 10.2.